The Kier molecular flexibility index (Phi) is 7.09. The molecule has 0 bridgehead atoms. The van der Waals surface area contributed by atoms with Gasteiger partial charge in [0.1, 0.15) is 0 Å². The monoisotopic (exact) mass is 488 g/mol. The molecule has 0 aliphatic heterocycles. The standard InChI is InChI=1S/C23H24N2O6S2/c1-4-31-23(26)18-9-12-20(13-10-18)32(27,28)25-22-15-21(11-8-17(22)3)33(29,30)24-19-7-5-6-16(2)14-19/h5-15,24-25H,4H2,1-3H3. The molecule has 0 aromatic heterocycles. The van der Waals surface area contributed by atoms with Crippen LogP contribution in [0.25, 0.3) is 0 Å². The van der Waals surface area contributed by atoms with E-state index < -0.39 is 26.0 Å². The molecule has 0 saturated heterocycles. The minimum atomic E-state index is -4.03. The summed E-state index contributed by atoms with van der Waals surface area (Å²) in [4.78, 5) is 11.6. The number of benzene rings is 3. The first-order valence-corrected chi connectivity index (χ1v) is 13.0. The highest BCUT2D eigenvalue weighted by Gasteiger charge is 2.20. The summed E-state index contributed by atoms with van der Waals surface area (Å²) in [5, 5.41) is 0. The minimum Gasteiger partial charge on any atom is -0.462 e. The molecule has 3 rings (SSSR count). The molecule has 0 aliphatic carbocycles. The Bertz CT molecular complexity index is 1380. The lowest BCUT2D eigenvalue weighted by Gasteiger charge is -2.14. The Morgan fingerprint density at radius 2 is 1.45 bits per heavy atom. The van der Waals surface area contributed by atoms with Gasteiger partial charge in [0.15, 0.2) is 0 Å². The average molecular weight is 489 g/mol. The number of hydrogen-bond acceptors (Lipinski definition) is 6. The molecule has 2 N–H and O–H groups in total. The quantitative estimate of drug-likeness (QED) is 0.461. The molecule has 0 heterocycles. The predicted octanol–water partition coefficient (Wildman–Crippen LogP) is 4.08. The number of rotatable bonds is 8. The van der Waals surface area contributed by atoms with Gasteiger partial charge in [-0.1, -0.05) is 18.2 Å². The van der Waals surface area contributed by atoms with Crippen molar-refractivity contribution in [1.29, 1.82) is 0 Å². The molecular formula is C23H24N2O6S2. The van der Waals surface area contributed by atoms with Gasteiger partial charge in [-0.3, -0.25) is 9.44 Å². The summed E-state index contributed by atoms with van der Waals surface area (Å²) in [6.07, 6.45) is 0. The molecular weight excluding hydrogens is 464 g/mol. The third-order valence-electron chi connectivity index (χ3n) is 4.71. The van der Waals surface area contributed by atoms with E-state index in [1.807, 2.05) is 13.0 Å². The number of nitrogens with one attached hydrogen (secondary N) is 2. The summed E-state index contributed by atoms with van der Waals surface area (Å²) in [7, 11) is -7.98. The van der Waals surface area contributed by atoms with Gasteiger partial charge in [0, 0.05) is 5.69 Å². The fourth-order valence-electron chi connectivity index (χ4n) is 2.99. The van der Waals surface area contributed by atoms with Crippen molar-refractivity contribution in [3.63, 3.8) is 0 Å². The van der Waals surface area contributed by atoms with Crippen LogP contribution < -0.4 is 9.44 Å². The van der Waals surface area contributed by atoms with E-state index in [2.05, 4.69) is 9.44 Å². The SMILES string of the molecule is CCOC(=O)c1ccc(S(=O)(=O)Nc2cc(S(=O)(=O)Nc3cccc(C)c3)ccc2C)cc1. The maximum atomic E-state index is 12.9. The van der Waals surface area contributed by atoms with Gasteiger partial charge in [0.25, 0.3) is 20.0 Å². The first kappa shape index (κ1) is 24.3. The maximum Gasteiger partial charge on any atom is 0.338 e. The van der Waals surface area contributed by atoms with Gasteiger partial charge in [-0.2, -0.15) is 0 Å². The fraction of sp³-hybridized carbons (Fsp3) is 0.174. The van der Waals surface area contributed by atoms with E-state index in [0.29, 0.717) is 11.3 Å². The van der Waals surface area contributed by atoms with Crippen LogP contribution in [0.4, 0.5) is 11.4 Å². The molecule has 3 aromatic carbocycles. The highest BCUT2D eigenvalue weighted by molar-refractivity contribution is 7.93. The maximum absolute atomic E-state index is 12.9. The van der Waals surface area contributed by atoms with Crippen molar-refractivity contribution in [3.8, 4) is 0 Å². The molecule has 0 radical (unpaired) electrons. The number of hydrogen-bond donors (Lipinski definition) is 2. The highest BCUT2D eigenvalue weighted by Crippen LogP contribution is 2.25. The molecule has 0 amide bonds. The van der Waals surface area contributed by atoms with E-state index in [1.54, 1.807) is 32.0 Å². The molecule has 0 fully saturated rings. The Morgan fingerprint density at radius 3 is 2.09 bits per heavy atom. The van der Waals surface area contributed by atoms with E-state index in [-0.39, 0.29) is 27.6 Å². The van der Waals surface area contributed by atoms with Crippen LogP contribution >= 0.6 is 0 Å². The Hall–Kier alpha value is -3.37. The molecule has 3 aromatic rings. The zero-order valence-electron chi connectivity index (χ0n) is 18.3. The van der Waals surface area contributed by atoms with Crippen LogP contribution in [0.3, 0.4) is 0 Å². The number of carbonyl (C=O) groups is 1. The lowest BCUT2D eigenvalue weighted by molar-refractivity contribution is 0.0526. The van der Waals surface area contributed by atoms with Gasteiger partial charge in [0.05, 0.1) is 27.6 Å². The molecule has 8 nitrogen and oxygen atoms in total. The van der Waals surface area contributed by atoms with Gasteiger partial charge >= 0.3 is 5.97 Å². The third-order valence-corrected chi connectivity index (χ3v) is 7.47. The molecule has 174 valence electrons. The van der Waals surface area contributed by atoms with Gasteiger partial charge in [-0.15, -0.1) is 0 Å². The summed E-state index contributed by atoms with van der Waals surface area (Å²) in [6, 6.07) is 16.3. The summed E-state index contributed by atoms with van der Waals surface area (Å²) in [5.41, 5.74) is 2.18. The third kappa shape index (κ3) is 5.91. The van der Waals surface area contributed by atoms with E-state index in [9.17, 15) is 21.6 Å². The fourth-order valence-corrected chi connectivity index (χ4v) is 5.19. The second kappa shape index (κ2) is 9.63. The van der Waals surface area contributed by atoms with Gasteiger partial charge in [-0.05, 0) is 80.4 Å². The number of carbonyl (C=O) groups excluding carboxylic acids is 1. The average Bonchev–Trinajstić information content (AvgIpc) is 2.75. The summed E-state index contributed by atoms with van der Waals surface area (Å²) >= 11 is 0. The van der Waals surface area contributed by atoms with Gasteiger partial charge in [0.2, 0.25) is 0 Å². The van der Waals surface area contributed by atoms with E-state index in [1.165, 1.54) is 42.5 Å². The van der Waals surface area contributed by atoms with Crippen LogP contribution in [-0.4, -0.2) is 29.4 Å². The second-order valence-electron chi connectivity index (χ2n) is 7.30. The van der Waals surface area contributed by atoms with E-state index in [4.69, 9.17) is 4.74 Å². The molecule has 0 spiro atoms. The topological polar surface area (TPSA) is 119 Å². The van der Waals surface area contributed by atoms with Crippen molar-refractivity contribution in [2.24, 2.45) is 0 Å². The first-order chi connectivity index (χ1) is 15.5. The van der Waals surface area contributed by atoms with Crippen LogP contribution in [0.2, 0.25) is 0 Å². The smallest absolute Gasteiger partial charge is 0.338 e. The lowest BCUT2D eigenvalue weighted by Crippen LogP contribution is -2.16. The number of aryl methyl sites for hydroxylation is 2. The molecule has 0 unspecified atom stereocenters. The zero-order valence-corrected chi connectivity index (χ0v) is 20.0. The summed E-state index contributed by atoms with van der Waals surface area (Å²) in [6.45, 7) is 5.38. The largest absolute Gasteiger partial charge is 0.462 e. The predicted molar refractivity (Wildman–Crippen MR) is 126 cm³/mol. The van der Waals surface area contributed by atoms with Gasteiger partial charge in [-0.25, -0.2) is 21.6 Å². The Balaban J connectivity index is 1.86. The second-order valence-corrected chi connectivity index (χ2v) is 10.7. The van der Waals surface area contributed by atoms with Crippen LogP contribution in [0.5, 0.6) is 0 Å². The van der Waals surface area contributed by atoms with Crippen LogP contribution in [0.15, 0.2) is 76.5 Å². The van der Waals surface area contributed by atoms with E-state index in [0.717, 1.165) is 5.56 Å². The van der Waals surface area contributed by atoms with Crippen LogP contribution in [-0.2, 0) is 24.8 Å². The van der Waals surface area contributed by atoms with Crippen molar-refractivity contribution in [2.45, 2.75) is 30.6 Å². The first-order valence-electron chi connectivity index (χ1n) is 10.0. The minimum absolute atomic E-state index is 0.0823. The summed E-state index contributed by atoms with van der Waals surface area (Å²) in [5.74, 6) is -0.552. The van der Waals surface area contributed by atoms with Gasteiger partial charge < -0.3 is 4.74 Å². The summed E-state index contributed by atoms with van der Waals surface area (Å²) < 4.78 is 61.2. The normalized spacial score (nSPS) is 11.6. The number of esters is 1. The van der Waals surface area contributed by atoms with Crippen molar-refractivity contribution in [3.05, 3.63) is 83.4 Å². The van der Waals surface area contributed by atoms with Crippen molar-refractivity contribution in [1.82, 2.24) is 0 Å². The molecule has 10 heteroatoms. The number of ether oxygens (including phenoxy) is 1. The number of anilines is 2. The Labute approximate surface area is 193 Å². The molecule has 0 saturated carbocycles. The molecule has 0 aliphatic rings. The molecule has 0 atom stereocenters. The van der Waals surface area contributed by atoms with Crippen LogP contribution in [0.1, 0.15) is 28.4 Å². The highest BCUT2D eigenvalue weighted by atomic mass is 32.2. The van der Waals surface area contributed by atoms with Crippen LogP contribution in [0, 0.1) is 13.8 Å². The number of sulfonamides is 2. The van der Waals surface area contributed by atoms with Crippen molar-refractivity contribution >= 4 is 37.4 Å². The van der Waals surface area contributed by atoms with Crippen molar-refractivity contribution < 1.29 is 26.4 Å². The Morgan fingerprint density at radius 1 is 0.818 bits per heavy atom. The van der Waals surface area contributed by atoms with E-state index >= 15 is 0 Å². The van der Waals surface area contributed by atoms with Crippen molar-refractivity contribution in [2.75, 3.05) is 16.1 Å². The zero-order chi connectivity index (χ0) is 24.2. The lowest BCUT2D eigenvalue weighted by atomic mass is 10.2. The molecule has 33 heavy (non-hydrogen) atoms.